The van der Waals surface area contributed by atoms with Crippen molar-refractivity contribution in [1.29, 1.82) is 0 Å². The van der Waals surface area contributed by atoms with E-state index < -0.39 is 9.84 Å². The molecule has 0 N–H and O–H groups in total. The van der Waals surface area contributed by atoms with Crippen molar-refractivity contribution in [3.63, 3.8) is 0 Å². The predicted molar refractivity (Wildman–Crippen MR) is 62.5 cm³/mol. The van der Waals surface area contributed by atoms with Gasteiger partial charge in [-0.1, -0.05) is 22.9 Å². The summed E-state index contributed by atoms with van der Waals surface area (Å²) in [5, 5.41) is 1.42. The second-order valence-electron chi connectivity index (χ2n) is 2.95. The Hall–Kier alpha value is 0.0600. The highest BCUT2D eigenvalue weighted by molar-refractivity contribution is 9.08. The van der Waals surface area contributed by atoms with Crippen LogP contribution in [0.3, 0.4) is 0 Å². The number of sulfone groups is 1. The van der Waals surface area contributed by atoms with Crippen LogP contribution in [0.15, 0.2) is 6.20 Å². The molecule has 0 aromatic carbocycles. The lowest BCUT2D eigenvalue weighted by molar-refractivity contribution is 0.594. The summed E-state index contributed by atoms with van der Waals surface area (Å²) in [6.07, 6.45) is 2.38. The normalized spacial score (nSPS) is 11.9. The van der Waals surface area contributed by atoms with Crippen LogP contribution in [0.2, 0.25) is 0 Å². The molecule has 0 bridgehead atoms. The molecule has 1 heterocycles. The van der Waals surface area contributed by atoms with Crippen molar-refractivity contribution in [3.05, 3.63) is 16.1 Å². The molecule has 0 saturated carbocycles. The molecule has 0 aliphatic heterocycles. The van der Waals surface area contributed by atoms with E-state index in [9.17, 15) is 8.42 Å². The van der Waals surface area contributed by atoms with E-state index in [0.29, 0.717) is 11.4 Å². The molecular formula is C8H12BrNO2S2. The van der Waals surface area contributed by atoms with Gasteiger partial charge in [-0.05, 0) is 6.42 Å². The van der Waals surface area contributed by atoms with Crippen LogP contribution in [0.1, 0.15) is 23.2 Å². The Labute approximate surface area is 96.6 Å². The first-order valence-electron chi connectivity index (χ1n) is 4.27. The Balaban J connectivity index is 2.69. The molecule has 0 unspecified atom stereocenters. The van der Waals surface area contributed by atoms with Crippen LogP contribution < -0.4 is 0 Å². The zero-order valence-electron chi connectivity index (χ0n) is 7.86. The molecule has 0 aliphatic carbocycles. The third-order valence-electron chi connectivity index (χ3n) is 1.59. The summed E-state index contributed by atoms with van der Waals surface area (Å²) in [4.78, 5) is 5.13. The Morgan fingerprint density at radius 2 is 2.29 bits per heavy atom. The van der Waals surface area contributed by atoms with Gasteiger partial charge in [0.15, 0.2) is 9.84 Å². The summed E-state index contributed by atoms with van der Waals surface area (Å²) in [5.74, 6) is 0.328. The molecule has 0 radical (unpaired) electrons. The number of alkyl halides is 1. The lowest BCUT2D eigenvalue weighted by Crippen LogP contribution is -2.08. The van der Waals surface area contributed by atoms with Gasteiger partial charge in [0.1, 0.15) is 10.8 Å². The van der Waals surface area contributed by atoms with E-state index in [-0.39, 0.29) is 11.5 Å². The molecule has 1 aromatic rings. The number of rotatable bonds is 5. The Bertz CT molecular complexity index is 386. The third kappa shape index (κ3) is 3.67. The monoisotopic (exact) mass is 297 g/mol. The highest BCUT2D eigenvalue weighted by atomic mass is 79.9. The van der Waals surface area contributed by atoms with Crippen LogP contribution >= 0.6 is 27.3 Å². The number of hydrogen-bond acceptors (Lipinski definition) is 4. The molecule has 1 rings (SSSR count). The smallest absolute Gasteiger partial charge is 0.156 e. The third-order valence-corrected chi connectivity index (χ3v) is 5.49. The highest BCUT2D eigenvalue weighted by Gasteiger charge is 2.13. The van der Waals surface area contributed by atoms with Gasteiger partial charge in [-0.2, -0.15) is 0 Å². The Morgan fingerprint density at radius 3 is 2.79 bits per heavy atom. The molecule has 0 aliphatic rings. The summed E-state index contributed by atoms with van der Waals surface area (Å²) in [6, 6.07) is 0. The quantitative estimate of drug-likeness (QED) is 0.784. The maximum absolute atomic E-state index is 11.5. The van der Waals surface area contributed by atoms with Gasteiger partial charge in [-0.15, -0.1) is 11.3 Å². The van der Waals surface area contributed by atoms with E-state index in [1.807, 2.05) is 6.92 Å². The van der Waals surface area contributed by atoms with Gasteiger partial charge in [0.05, 0.1) is 5.75 Å². The van der Waals surface area contributed by atoms with Crippen molar-refractivity contribution in [2.45, 2.75) is 24.4 Å². The average molecular weight is 298 g/mol. The largest absolute Gasteiger partial charge is 0.248 e. The first-order chi connectivity index (χ1) is 6.57. The number of hydrogen-bond donors (Lipinski definition) is 0. The van der Waals surface area contributed by atoms with Crippen molar-refractivity contribution in [2.24, 2.45) is 0 Å². The van der Waals surface area contributed by atoms with E-state index >= 15 is 0 Å². The molecule has 0 saturated heterocycles. The predicted octanol–water partition coefficient (Wildman–Crippen LogP) is 2.36. The van der Waals surface area contributed by atoms with Gasteiger partial charge in [0.25, 0.3) is 0 Å². The fourth-order valence-electron chi connectivity index (χ4n) is 1.05. The summed E-state index contributed by atoms with van der Waals surface area (Å²) in [7, 11) is -2.95. The molecular weight excluding hydrogens is 286 g/mol. The minimum atomic E-state index is -2.95. The summed E-state index contributed by atoms with van der Waals surface area (Å²) in [5.41, 5.74) is 0. The standard InChI is InChI=1S/C8H12BrNO2S2/c1-2-3-14(11,12)6-8-10-5-7(4-9)13-8/h5H,2-4,6H2,1H3. The minimum Gasteiger partial charge on any atom is -0.248 e. The summed E-state index contributed by atoms with van der Waals surface area (Å²) < 4.78 is 22.9. The van der Waals surface area contributed by atoms with Crippen LogP contribution in [0.25, 0.3) is 0 Å². The van der Waals surface area contributed by atoms with Crippen LogP contribution in [-0.2, 0) is 20.9 Å². The van der Waals surface area contributed by atoms with Gasteiger partial charge >= 0.3 is 0 Å². The highest BCUT2D eigenvalue weighted by Crippen LogP contribution is 2.18. The van der Waals surface area contributed by atoms with Gasteiger partial charge < -0.3 is 0 Å². The molecule has 1 aromatic heterocycles. The van der Waals surface area contributed by atoms with Crippen molar-refractivity contribution >= 4 is 37.1 Å². The van der Waals surface area contributed by atoms with Crippen LogP contribution in [0.5, 0.6) is 0 Å². The van der Waals surface area contributed by atoms with E-state index in [4.69, 9.17) is 0 Å². The first-order valence-corrected chi connectivity index (χ1v) is 8.03. The second kappa shape index (κ2) is 5.23. The average Bonchev–Trinajstić information content (AvgIpc) is 2.51. The molecule has 6 heteroatoms. The molecule has 0 atom stereocenters. The van der Waals surface area contributed by atoms with Crippen molar-refractivity contribution in [3.8, 4) is 0 Å². The molecule has 0 amide bonds. The van der Waals surface area contributed by atoms with Crippen LogP contribution in [0, 0.1) is 0 Å². The molecule has 14 heavy (non-hydrogen) atoms. The minimum absolute atomic E-state index is 0.0819. The first kappa shape index (κ1) is 12.1. The summed E-state index contributed by atoms with van der Waals surface area (Å²) in [6.45, 7) is 1.86. The van der Waals surface area contributed by atoms with Crippen molar-refractivity contribution in [1.82, 2.24) is 4.98 Å². The zero-order chi connectivity index (χ0) is 10.6. The van der Waals surface area contributed by atoms with E-state index in [0.717, 1.165) is 10.2 Å². The van der Waals surface area contributed by atoms with Gasteiger partial charge in [0.2, 0.25) is 0 Å². The number of thiazole rings is 1. The lowest BCUT2D eigenvalue weighted by atomic mass is 10.6. The maximum Gasteiger partial charge on any atom is 0.156 e. The molecule has 3 nitrogen and oxygen atoms in total. The van der Waals surface area contributed by atoms with E-state index in [1.165, 1.54) is 11.3 Å². The maximum atomic E-state index is 11.5. The van der Waals surface area contributed by atoms with Crippen LogP contribution in [-0.4, -0.2) is 19.2 Å². The van der Waals surface area contributed by atoms with Gasteiger partial charge in [-0.25, -0.2) is 13.4 Å². The van der Waals surface area contributed by atoms with Gasteiger partial charge in [-0.3, -0.25) is 0 Å². The van der Waals surface area contributed by atoms with Crippen LogP contribution in [0.4, 0.5) is 0 Å². The fourth-order valence-corrected chi connectivity index (χ4v) is 4.10. The van der Waals surface area contributed by atoms with Gasteiger partial charge in [0, 0.05) is 16.4 Å². The van der Waals surface area contributed by atoms with Crippen molar-refractivity contribution < 1.29 is 8.42 Å². The lowest BCUT2D eigenvalue weighted by Gasteiger charge is -1.98. The second-order valence-corrected chi connectivity index (χ2v) is 6.89. The van der Waals surface area contributed by atoms with E-state index in [1.54, 1.807) is 6.20 Å². The Kier molecular flexibility index (Phi) is 4.53. The molecule has 80 valence electrons. The molecule has 0 fully saturated rings. The number of aromatic nitrogens is 1. The van der Waals surface area contributed by atoms with Crippen molar-refractivity contribution in [2.75, 3.05) is 5.75 Å². The summed E-state index contributed by atoms with van der Waals surface area (Å²) >= 11 is 4.75. The topological polar surface area (TPSA) is 47.0 Å². The molecule has 0 spiro atoms. The number of halogens is 1. The fraction of sp³-hybridized carbons (Fsp3) is 0.625. The number of nitrogens with zero attached hydrogens (tertiary/aromatic N) is 1. The van der Waals surface area contributed by atoms with E-state index in [2.05, 4.69) is 20.9 Å². The SMILES string of the molecule is CCCS(=O)(=O)Cc1ncc(CBr)s1. The Morgan fingerprint density at radius 1 is 1.57 bits per heavy atom. The zero-order valence-corrected chi connectivity index (χ0v) is 11.1.